The molecule has 132 valence electrons. The third kappa shape index (κ3) is 3.02. The van der Waals surface area contributed by atoms with Gasteiger partial charge in [0.05, 0.1) is 10.6 Å². The fraction of sp³-hybridized carbons (Fsp3) is 0.429. The first-order valence-electron chi connectivity index (χ1n) is 9.04. The highest BCUT2D eigenvalue weighted by molar-refractivity contribution is 7.90. The molecule has 1 heterocycles. The van der Waals surface area contributed by atoms with Crippen molar-refractivity contribution in [3.63, 3.8) is 0 Å². The van der Waals surface area contributed by atoms with Gasteiger partial charge in [-0.15, -0.1) is 0 Å². The summed E-state index contributed by atoms with van der Waals surface area (Å²) >= 11 is 0. The summed E-state index contributed by atoms with van der Waals surface area (Å²) < 4.78 is 25.5. The van der Waals surface area contributed by atoms with Crippen LogP contribution in [0.5, 0.6) is 0 Å². The second kappa shape index (κ2) is 5.96. The van der Waals surface area contributed by atoms with E-state index in [1.165, 1.54) is 17.5 Å². The van der Waals surface area contributed by atoms with Gasteiger partial charge in [-0.05, 0) is 53.6 Å². The molecule has 3 nitrogen and oxygen atoms in total. The molecule has 2 atom stereocenters. The van der Waals surface area contributed by atoms with Crippen LogP contribution in [0.3, 0.4) is 0 Å². The third-order valence-corrected chi connectivity index (χ3v) is 7.56. The van der Waals surface area contributed by atoms with Crippen LogP contribution in [0.1, 0.15) is 42.9 Å². The second-order valence-corrected chi connectivity index (χ2v) is 9.86. The molecule has 0 unspecified atom stereocenters. The maximum atomic E-state index is 12.7. The summed E-state index contributed by atoms with van der Waals surface area (Å²) in [6.07, 6.45) is 1.23. The van der Waals surface area contributed by atoms with Crippen LogP contribution in [0.15, 0.2) is 53.4 Å². The molecule has 2 fully saturated rings. The first kappa shape index (κ1) is 16.8. The molecule has 0 aromatic heterocycles. The summed E-state index contributed by atoms with van der Waals surface area (Å²) in [5, 5.41) is 3.43. The maximum absolute atomic E-state index is 12.7. The summed E-state index contributed by atoms with van der Waals surface area (Å²) in [6, 6.07) is 15.5. The van der Waals surface area contributed by atoms with Crippen molar-refractivity contribution < 1.29 is 8.42 Å². The van der Waals surface area contributed by atoms with Gasteiger partial charge in [-0.2, -0.15) is 0 Å². The van der Waals surface area contributed by atoms with Gasteiger partial charge in [0.2, 0.25) is 0 Å². The Bertz CT molecular complexity index is 869. The van der Waals surface area contributed by atoms with Crippen molar-refractivity contribution in [3.8, 4) is 0 Å². The van der Waals surface area contributed by atoms with E-state index in [9.17, 15) is 8.42 Å². The van der Waals surface area contributed by atoms with Gasteiger partial charge in [0.15, 0.2) is 9.84 Å². The van der Waals surface area contributed by atoms with Gasteiger partial charge < -0.3 is 5.32 Å². The number of sulfone groups is 1. The van der Waals surface area contributed by atoms with Crippen molar-refractivity contribution in [2.45, 2.75) is 42.2 Å². The predicted octanol–water partition coefficient (Wildman–Crippen LogP) is 3.64. The zero-order chi connectivity index (χ0) is 17.7. The summed E-state index contributed by atoms with van der Waals surface area (Å²) in [4.78, 5) is 0.420. The Balaban J connectivity index is 1.52. The van der Waals surface area contributed by atoms with Gasteiger partial charge in [0, 0.05) is 12.0 Å². The van der Waals surface area contributed by atoms with E-state index in [4.69, 9.17) is 0 Å². The molecule has 4 rings (SSSR count). The van der Waals surface area contributed by atoms with E-state index in [1.807, 2.05) is 36.4 Å². The molecule has 0 radical (unpaired) electrons. The number of benzene rings is 2. The lowest BCUT2D eigenvalue weighted by Gasteiger charge is -2.13. The van der Waals surface area contributed by atoms with Crippen LogP contribution in [0.4, 0.5) is 0 Å². The van der Waals surface area contributed by atoms with E-state index in [0.717, 1.165) is 24.6 Å². The fourth-order valence-electron chi connectivity index (χ4n) is 4.09. The molecule has 4 heteroatoms. The van der Waals surface area contributed by atoms with Gasteiger partial charge in [0.25, 0.3) is 0 Å². The molecule has 1 aliphatic carbocycles. The van der Waals surface area contributed by atoms with Crippen molar-refractivity contribution in [1.82, 2.24) is 5.32 Å². The Morgan fingerprint density at radius 1 is 1.08 bits per heavy atom. The molecular formula is C21H25NO2S. The van der Waals surface area contributed by atoms with E-state index in [-0.39, 0.29) is 11.2 Å². The normalized spacial score (nSPS) is 25.2. The van der Waals surface area contributed by atoms with Crippen LogP contribution < -0.4 is 5.32 Å². The van der Waals surface area contributed by atoms with Crippen molar-refractivity contribution in [2.24, 2.45) is 5.92 Å². The lowest BCUT2D eigenvalue weighted by Crippen LogP contribution is -2.19. The van der Waals surface area contributed by atoms with E-state index in [2.05, 4.69) is 19.2 Å². The minimum absolute atomic E-state index is 0.0556. The Labute approximate surface area is 150 Å². The zero-order valence-corrected chi connectivity index (χ0v) is 15.6. The predicted molar refractivity (Wildman–Crippen MR) is 101 cm³/mol. The maximum Gasteiger partial charge on any atom is 0.182 e. The lowest BCUT2D eigenvalue weighted by molar-refractivity contribution is 0.595. The number of piperidine rings is 1. The zero-order valence-electron chi connectivity index (χ0n) is 14.8. The highest BCUT2D eigenvalue weighted by Gasteiger charge is 2.57. The standard InChI is InChI=1S/C21H25NO2S/c1-15(2)17-5-3-16(4-6-17)13-25(23,24)20-9-7-18(8-10-20)21-11-19(21)12-22-14-21/h3-10,15,19,22H,11-14H2,1-2H3/t19-,21+/m0/s1. The van der Waals surface area contributed by atoms with Gasteiger partial charge in [-0.25, -0.2) is 8.42 Å². The molecule has 2 aliphatic rings. The van der Waals surface area contributed by atoms with Crippen molar-refractivity contribution in [1.29, 1.82) is 0 Å². The molecule has 1 N–H and O–H groups in total. The fourth-order valence-corrected chi connectivity index (χ4v) is 5.43. The number of rotatable bonds is 5. The summed E-state index contributed by atoms with van der Waals surface area (Å²) in [7, 11) is -3.31. The van der Waals surface area contributed by atoms with E-state index in [0.29, 0.717) is 10.8 Å². The van der Waals surface area contributed by atoms with Crippen molar-refractivity contribution in [3.05, 3.63) is 65.2 Å². The van der Waals surface area contributed by atoms with Crippen LogP contribution in [0.2, 0.25) is 0 Å². The monoisotopic (exact) mass is 355 g/mol. The molecule has 1 saturated heterocycles. The Morgan fingerprint density at radius 2 is 1.76 bits per heavy atom. The van der Waals surface area contributed by atoms with Gasteiger partial charge in [0.1, 0.15) is 0 Å². The molecule has 0 bridgehead atoms. The van der Waals surface area contributed by atoms with E-state index in [1.54, 1.807) is 12.1 Å². The quantitative estimate of drug-likeness (QED) is 0.891. The van der Waals surface area contributed by atoms with Crippen LogP contribution in [-0.4, -0.2) is 21.5 Å². The largest absolute Gasteiger partial charge is 0.316 e. The van der Waals surface area contributed by atoms with Crippen molar-refractivity contribution >= 4 is 9.84 Å². The molecular weight excluding hydrogens is 330 g/mol. The highest BCUT2D eigenvalue weighted by atomic mass is 32.2. The summed E-state index contributed by atoms with van der Waals surface area (Å²) in [5.41, 5.74) is 3.63. The highest BCUT2D eigenvalue weighted by Crippen LogP contribution is 2.56. The SMILES string of the molecule is CC(C)c1ccc(CS(=O)(=O)c2ccc([C@@]34CNC[C@@H]3C4)cc2)cc1. The molecule has 1 aliphatic heterocycles. The van der Waals surface area contributed by atoms with Gasteiger partial charge >= 0.3 is 0 Å². The van der Waals surface area contributed by atoms with E-state index < -0.39 is 9.84 Å². The van der Waals surface area contributed by atoms with E-state index >= 15 is 0 Å². The number of hydrogen-bond donors (Lipinski definition) is 1. The summed E-state index contributed by atoms with van der Waals surface area (Å²) in [5.74, 6) is 1.24. The average molecular weight is 356 g/mol. The Morgan fingerprint density at radius 3 is 2.28 bits per heavy atom. The van der Waals surface area contributed by atoms with Crippen LogP contribution >= 0.6 is 0 Å². The number of fused-ring (bicyclic) bond motifs is 1. The topological polar surface area (TPSA) is 46.2 Å². The first-order chi connectivity index (χ1) is 11.9. The summed E-state index contributed by atoms with van der Waals surface area (Å²) in [6.45, 7) is 6.38. The second-order valence-electron chi connectivity index (χ2n) is 7.87. The van der Waals surface area contributed by atoms with Gasteiger partial charge in [-0.3, -0.25) is 0 Å². The van der Waals surface area contributed by atoms with Crippen LogP contribution in [0, 0.1) is 5.92 Å². The van der Waals surface area contributed by atoms with Crippen LogP contribution in [0.25, 0.3) is 0 Å². The van der Waals surface area contributed by atoms with Gasteiger partial charge in [-0.1, -0.05) is 50.2 Å². The lowest BCUT2D eigenvalue weighted by atomic mass is 9.95. The molecule has 1 saturated carbocycles. The number of nitrogens with one attached hydrogen (secondary N) is 1. The number of hydrogen-bond acceptors (Lipinski definition) is 3. The van der Waals surface area contributed by atoms with Crippen molar-refractivity contribution in [2.75, 3.05) is 13.1 Å². The molecule has 0 spiro atoms. The third-order valence-electron chi connectivity index (χ3n) is 5.85. The molecule has 2 aromatic rings. The molecule has 0 amide bonds. The first-order valence-corrected chi connectivity index (χ1v) is 10.7. The molecule has 2 aromatic carbocycles. The van der Waals surface area contributed by atoms with Crippen LogP contribution in [-0.2, 0) is 21.0 Å². The average Bonchev–Trinajstić information content (AvgIpc) is 3.16. The Hall–Kier alpha value is -1.65. The minimum atomic E-state index is -3.31. The smallest absolute Gasteiger partial charge is 0.182 e. The molecule has 25 heavy (non-hydrogen) atoms. The minimum Gasteiger partial charge on any atom is -0.316 e. The Kier molecular flexibility index (Phi) is 4.00.